The zero-order valence-corrected chi connectivity index (χ0v) is 12.9. The minimum Gasteiger partial charge on any atom is -0.497 e. The average molecular weight is 292 g/mol. The maximum atomic E-state index is 12.3. The molecular formula is C16H24N2O3. The van der Waals surface area contributed by atoms with E-state index in [-0.39, 0.29) is 18.0 Å². The van der Waals surface area contributed by atoms with Crippen molar-refractivity contribution in [3.63, 3.8) is 0 Å². The van der Waals surface area contributed by atoms with Gasteiger partial charge in [-0.3, -0.25) is 4.79 Å². The van der Waals surface area contributed by atoms with E-state index in [2.05, 4.69) is 10.6 Å². The van der Waals surface area contributed by atoms with Gasteiger partial charge in [0, 0.05) is 11.6 Å². The molecule has 1 fully saturated rings. The number of amides is 1. The summed E-state index contributed by atoms with van der Waals surface area (Å²) in [5.41, 5.74) is 0.947. The van der Waals surface area contributed by atoms with Crippen molar-refractivity contribution in [2.45, 2.75) is 38.3 Å². The van der Waals surface area contributed by atoms with Crippen LogP contribution in [0.4, 0.5) is 0 Å². The van der Waals surface area contributed by atoms with Crippen molar-refractivity contribution >= 4 is 5.91 Å². The number of hydrogen-bond acceptors (Lipinski definition) is 4. The lowest BCUT2D eigenvalue weighted by molar-refractivity contribution is -0.124. The van der Waals surface area contributed by atoms with Gasteiger partial charge in [0.15, 0.2) is 0 Å². The maximum absolute atomic E-state index is 12.3. The molecule has 1 amide bonds. The number of carbonyl (C=O) groups excluding carboxylic acids is 1. The molecule has 1 aromatic carbocycles. The second kappa shape index (κ2) is 7.31. The Morgan fingerprint density at radius 1 is 1.33 bits per heavy atom. The molecule has 0 aromatic heterocycles. The van der Waals surface area contributed by atoms with E-state index in [1.54, 1.807) is 14.2 Å². The van der Waals surface area contributed by atoms with Crippen molar-refractivity contribution in [3.8, 4) is 11.5 Å². The maximum Gasteiger partial charge on any atom is 0.237 e. The molecule has 2 rings (SSSR count). The number of ether oxygens (including phenoxy) is 2. The van der Waals surface area contributed by atoms with Gasteiger partial charge in [0.1, 0.15) is 11.5 Å². The number of piperidine rings is 1. The third-order valence-corrected chi connectivity index (χ3v) is 3.89. The van der Waals surface area contributed by atoms with Crippen LogP contribution in [-0.4, -0.2) is 32.7 Å². The van der Waals surface area contributed by atoms with Crippen LogP contribution in [0, 0.1) is 0 Å². The first-order chi connectivity index (χ1) is 10.2. The zero-order chi connectivity index (χ0) is 15.2. The van der Waals surface area contributed by atoms with Gasteiger partial charge in [-0.25, -0.2) is 0 Å². The summed E-state index contributed by atoms with van der Waals surface area (Å²) < 4.78 is 10.6. The molecule has 1 saturated heterocycles. The summed E-state index contributed by atoms with van der Waals surface area (Å²) in [4.78, 5) is 12.3. The third kappa shape index (κ3) is 3.88. The van der Waals surface area contributed by atoms with Gasteiger partial charge < -0.3 is 20.1 Å². The summed E-state index contributed by atoms with van der Waals surface area (Å²) in [6.45, 7) is 2.88. The summed E-state index contributed by atoms with van der Waals surface area (Å²) in [5.74, 6) is 1.52. The van der Waals surface area contributed by atoms with Crippen molar-refractivity contribution in [2.75, 3.05) is 20.8 Å². The summed E-state index contributed by atoms with van der Waals surface area (Å²) in [6, 6.07) is 5.44. The molecule has 2 atom stereocenters. The molecule has 0 bridgehead atoms. The molecule has 5 heteroatoms. The Hall–Kier alpha value is -1.75. The molecule has 0 spiro atoms. The molecule has 0 saturated carbocycles. The van der Waals surface area contributed by atoms with Gasteiger partial charge in [0.25, 0.3) is 0 Å². The van der Waals surface area contributed by atoms with Gasteiger partial charge >= 0.3 is 0 Å². The SMILES string of the molecule is COc1ccc(C(C)NC(=O)[C@H]2CCCCN2)c(OC)c1. The van der Waals surface area contributed by atoms with Crippen molar-refractivity contribution in [3.05, 3.63) is 23.8 Å². The number of carbonyl (C=O) groups is 1. The van der Waals surface area contributed by atoms with E-state index in [9.17, 15) is 4.79 Å². The predicted molar refractivity (Wildman–Crippen MR) is 81.7 cm³/mol. The van der Waals surface area contributed by atoms with Crippen LogP contribution in [0.25, 0.3) is 0 Å². The van der Waals surface area contributed by atoms with Crippen molar-refractivity contribution in [1.29, 1.82) is 0 Å². The summed E-state index contributed by atoms with van der Waals surface area (Å²) in [6.07, 6.45) is 3.15. The summed E-state index contributed by atoms with van der Waals surface area (Å²) >= 11 is 0. The average Bonchev–Trinajstić information content (AvgIpc) is 2.54. The smallest absolute Gasteiger partial charge is 0.237 e. The van der Waals surface area contributed by atoms with Gasteiger partial charge in [-0.1, -0.05) is 6.42 Å². The molecule has 1 unspecified atom stereocenters. The minimum atomic E-state index is -0.109. The Labute approximate surface area is 126 Å². The lowest BCUT2D eigenvalue weighted by atomic mass is 10.0. The first-order valence-electron chi connectivity index (χ1n) is 7.41. The van der Waals surface area contributed by atoms with Crippen LogP contribution in [-0.2, 0) is 4.79 Å². The van der Waals surface area contributed by atoms with Gasteiger partial charge in [-0.2, -0.15) is 0 Å². The van der Waals surface area contributed by atoms with Gasteiger partial charge in [-0.05, 0) is 38.4 Å². The van der Waals surface area contributed by atoms with E-state index in [1.807, 2.05) is 25.1 Å². The highest BCUT2D eigenvalue weighted by molar-refractivity contribution is 5.82. The normalized spacial score (nSPS) is 19.7. The lowest BCUT2D eigenvalue weighted by Crippen LogP contribution is -2.47. The Morgan fingerprint density at radius 2 is 2.14 bits per heavy atom. The van der Waals surface area contributed by atoms with Crippen LogP contribution in [0.1, 0.15) is 37.8 Å². The number of rotatable bonds is 5. The monoisotopic (exact) mass is 292 g/mol. The molecule has 2 N–H and O–H groups in total. The number of methoxy groups -OCH3 is 2. The highest BCUT2D eigenvalue weighted by atomic mass is 16.5. The molecule has 0 aliphatic carbocycles. The molecule has 0 radical (unpaired) electrons. The topological polar surface area (TPSA) is 59.6 Å². The first kappa shape index (κ1) is 15.6. The van der Waals surface area contributed by atoms with Crippen molar-refractivity contribution < 1.29 is 14.3 Å². The fourth-order valence-corrected chi connectivity index (χ4v) is 2.64. The second-order valence-corrected chi connectivity index (χ2v) is 5.34. The number of hydrogen-bond donors (Lipinski definition) is 2. The molecule has 1 aliphatic heterocycles. The highest BCUT2D eigenvalue weighted by Crippen LogP contribution is 2.29. The van der Waals surface area contributed by atoms with E-state index in [0.29, 0.717) is 0 Å². The standard InChI is InChI=1S/C16H24N2O3/c1-11(18-16(19)14-6-4-5-9-17-14)13-8-7-12(20-2)10-15(13)21-3/h7-8,10-11,14,17H,4-6,9H2,1-3H3,(H,18,19)/t11?,14-/m1/s1. The Kier molecular flexibility index (Phi) is 5.44. The fraction of sp³-hybridized carbons (Fsp3) is 0.562. The molecule has 1 heterocycles. The number of benzene rings is 1. The molecule has 5 nitrogen and oxygen atoms in total. The largest absolute Gasteiger partial charge is 0.497 e. The van der Waals surface area contributed by atoms with Crippen LogP contribution in [0.2, 0.25) is 0 Å². The third-order valence-electron chi connectivity index (χ3n) is 3.89. The zero-order valence-electron chi connectivity index (χ0n) is 12.9. The van der Waals surface area contributed by atoms with Crippen LogP contribution in [0.5, 0.6) is 11.5 Å². The van der Waals surface area contributed by atoms with Crippen LogP contribution in [0.15, 0.2) is 18.2 Å². The summed E-state index contributed by atoms with van der Waals surface area (Å²) in [5, 5.41) is 6.32. The highest BCUT2D eigenvalue weighted by Gasteiger charge is 2.23. The minimum absolute atomic E-state index is 0.0556. The molecule has 21 heavy (non-hydrogen) atoms. The Bertz CT molecular complexity index is 484. The van der Waals surface area contributed by atoms with Crippen molar-refractivity contribution in [2.24, 2.45) is 0 Å². The van der Waals surface area contributed by atoms with Crippen LogP contribution >= 0.6 is 0 Å². The molecule has 116 valence electrons. The first-order valence-corrected chi connectivity index (χ1v) is 7.41. The fourth-order valence-electron chi connectivity index (χ4n) is 2.64. The second-order valence-electron chi connectivity index (χ2n) is 5.34. The lowest BCUT2D eigenvalue weighted by Gasteiger charge is -2.25. The van der Waals surface area contributed by atoms with E-state index in [4.69, 9.17) is 9.47 Å². The quantitative estimate of drug-likeness (QED) is 0.872. The van der Waals surface area contributed by atoms with E-state index in [0.717, 1.165) is 42.9 Å². The van der Waals surface area contributed by atoms with Crippen LogP contribution < -0.4 is 20.1 Å². The van der Waals surface area contributed by atoms with Crippen LogP contribution in [0.3, 0.4) is 0 Å². The van der Waals surface area contributed by atoms with E-state index >= 15 is 0 Å². The molecule has 1 aliphatic rings. The van der Waals surface area contributed by atoms with Gasteiger partial charge in [0.05, 0.1) is 26.3 Å². The Balaban J connectivity index is 2.05. The Morgan fingerprint density at radius 3 is 2.76 bits per heavy atom. The summed E-state index contributed by atoms with van der Waals surface area (Å²) in [7, 11) is 3.24. The number of nitrogens with one attached hydrogen (secondary N) is 2. The molecule has 1 aromatic rings. The van der Waals surface area contributed by atoms with Gasteiger partial charge in [0.2, 0.25) is 5.91 Å². The molecular weight excluding hydrogens is 268 g/mol. The van der Waals surface area contributed by atoms with E-state index < -0.39 is 0 Å². The predicted octanol–water partition coefficient (Wildman–Crippen LogP) is 2.02. The van der Waals surface area contributed by atoms with Gasteiger partial charge in [-0.15, -0.1) is 0 Å². The van der Waals surface area contributed by atoms with Crippen molar-refractivity contribution in [1.82, 2.24) is 10.6 Å². The van der Waals surface area contributed by atoms with E-state index in [1.165, 1.54) is 0 Å².